The Bertz CT molecular complexity index is 976. The van der Waals surface area contributed by atoms with Gasteiger partial charge in [-0.3, -0.25) is 4.79 Å². The quantitative estimate of drug-likeness (QED) is 0.643. The number of para-hydroxylation sites is 1. The van der Waals surface area contributed by atoms with E-state index in [0.717, 1.165) is 48.0 Å². The Kier molecular flexibility index (Phi) is 5.80. The largest absolute Gasteiger partial charge is 0.496 e. The van der Waals surface area contributed by atoms with Crippen LogP contribution in [0.4, 0.5) is 0 Å². The van der Waals surface area contributed by atoms with Crippen LogP contribution in [-0.4, -0.2) is 29.3 Å². The first-order valence-corrected chi connectivity index (χ1v) is 10.6. The van der Waals surface area contributed by atoms with Crippen LogP contribution in [0.2, 0.25) is 4.34 Å². The zero-order valence-corrected chi connectivity index (χ0v) is 17.2. The third kappa shape index (κ3) is 3.99. The van der Waals surface area contributed by atoms with Gasteiger partial charge in [0, 0.05) is 10.6 Å². The minimum Gasteiger partial charge on any atom is -0.496 e. The van der Waals surface area contributed by atoms with Crippen LogP contribution in [0.15, 0.2) is 42.5 Å². The molecule has 0 bridgehead atoms. The maximum absolute atomic E-state index is 13.3. The van der Waals surface area contributed by atoms with Crippen LogP contribution in [-0.2, 0) is 12.8 Å². The molecular formula is C21H22ClN3O2S. The van der Waals surface area contributed by atoms with Crippen molar-refractivity contribution in [2.45, 2.75) is 31.7 Å². The summed E-state index contributed by atoms with van der Waals surface area (Å²) in [7, 11) is 1.57. The Morgan fingerprint density at radius 1 is 1.32 bits per heavy atom. The number of aryl methyl sites for hydroxylation is 2. The number of benzene rings is 1. The SMILES string of the molecule is COc1ccccc1C(=O)n1nc(C2CCCN2)cc1CCc1ccc(Cl)s1. The molecule has 0 saturated carbocycles. The zero-order chi connectivity index (χ0) is 19.5. The number of methoxy groups -OCH3 is 1. The van der Waals surface area contributed by atoms with Gasteiger partial charge in [-0.05, 0) is 62.6 Å². The molecule has 146 valence electrons. The highest BCUT2D eigenvalue weighted by Gasteiger charge is 2.24. The number of carbonyl (C=O) groups is 1. The Labute approximate surface area is 173 Å². The molecule has 3 heterocycles. The molecule has 5 nitrogen and oxygen atoms in total. The Balaban J connectivity index is 1.66. The summed E-state index contributed by atoms with van der Waals surface area (Å²) in [5.74, 6) is 0.389. The van der Waals surface area contributed by atoms with Crippen molar-refractivity contribution in [2.75, 3.05) is 13.7 Å². The average Bonchev–Trinajstić information content (AvgIpc) is 3.46. The molecule has 1 aliphatic heterocycles. The van der Waals surface area contributed by atoms with E-state index in [1.807, 2.05) is 24.3 Å². The Morgan fingerprint density at radius 2 is 2.18 bits per heavy atom. The number of hydrogen-bond acceptors (Lipinski definition) is 5. The summed E-state index contributed by atoms with van der Waals surface area (Å²) in [4.78, 5) is 14.5. The average molecular weight is 416 g/mol. The second kappa shape index (κ2) is 8.47. The highest BCUT2D eigenvalue weighted by atomic mass is 35.5. The summed E-state index contributed by atoms with van der Waals surface area (Å²) in [6.45, 7) is 0.987. The predicted molar refractivity (Wildman–Crippen MR) is 112 cm³/mol. The van der Waals surface area contributed by atoms with E-state index in [-0.39, 0.29) is 11.9 Å². The van der Waals surface area contributed by atoms with Crippen LogP contribution in [0.1, 0.15) is 45.5 Å². The number of aromatic nitrogens is 2. The first-order valence-electron chi connectivity index (χ1n) is 9.40. The summed E-state index contributed by atoms with van der Waals surface area (Å²) in [5, 5.41) is 8.15. The summed E-state index contributed by atoms with van der Waals surface area (Å²) < 4.78 is 7.71. The lowest BCUT2D eigenvalue weighted by Crippen LogP contribution is -2.19. The smallest absolute Gasteiger partial charge is 0.282 e. The molecule has 28 heavy (non-hydrogen) atoms. The van der Waals surface area contributed by atoms with Crippen LogP contribution >= 0.6 is 22.9 Å². The van der Waals surface area contributed by atoms with E-state index in [0.29, 0.717) is 11.3 Å². The fourth-order valence-corrected chi connectivity index (χ4v) is 4.66. The van der Waals surface area contributed by atoms with Crippen molar-refractivity contribution in [1.82, 2.24) is 15.1 Å². The minimum absolute atomic E-state index is 0.166. The molecule has 1 unspecified atom stereocenters. The number of nitrogens with zero attached hydrogens (tertiary/aromatic N) is 2. The van der Waals surface area contributed by atoms with Crippen molar-refractivity contribution in [2.24, 2.45) is 0 Å². The zero-order valence-electron chi connectivity index (χ0n) is 15.7. The van der Waals surface area contributed by atoms with Gasteiger partial charge in [0.25, 0.3) is 5.91 Å². The Hall–Kier alpha value is -2.15. The lowest BCUT2D eigenvalue weighted by Gasteiger charge is -2.10. The van der Waals surface area contributed by atoms with Crippen LogP contribution in [0, 0.1) is 0 Å². The molecule has 1 saturated heterocycles. The van der Waals surface area contributed by atoms with E-state index < -0.39 is 0 Å². The van der Waals surface area contributed by atoms with E-state index in [4.69, 9.17) is 16.3 Å². The highest BCUT2D eigenvalue weighted by molar-refractivity contribution is 7.16. The van der Waals surface area contributed by atoms with E-state index in [1.54, 1.807) is 35.3 Å². The molecule has 2 aromatic heterocycles. The van der Waals surface area contributed by atoms with Crippen LogP contribution in [0.3, 0.4) is 0 Å². The number of hydrogen-bond donors (Lipinski definition) is 1. The third-order valence-corrected chi connectivity index (χ3v) is 6.30. The lowest BCUT2D eigenvalue weighted by atomic mass is 10.1. The molecule has 3 aromatic rings. The molecule has 4 rings (SSSR count). The standard InChI is InChI=1S/C21H22ClN3O2S/c1-27-19-7-3-2-5-16(19)21(26)25-14(8-9-15-10-11-20(22)28-15)13-18(24-25)17-6-4-12-23-17/h2-3,5,7,10-11,13,17,23H,4,6,8-9,12H2,1H3. The Morgan fingerprint density at radius 3 is 2.89 bits per heavy atom. The van der Waals surface area contributed by atoms with Gasteiger partial charge in [0.2, 0.25) is 0 Å². The fraction of sp³-hybridized carbons (Fsp3) is 0.333. The molecule has 1 atom stereocenters. The van der Waals surface area contributed by atoms with Gasteiger partial charge in [-0.1, -0.05) is 23.7 Å². The van der Waals surface area contributed by atoms with Crippen LogP contribution < -0.4 is 10.1 Å². The van der Waals surface area contributed by atoms with Gasteiger partial charge >= 0.3 is 0 Å². The second-order valence-electron chi connectivity index (χ2n) is 6.83. The van der Waals surface area contributed by atoms with Gasteiger partial charge < -0.3 is 10.1 Å². The maximum Gasteiger partial charge on any atom is 0.282 e. The molecular weight excluding hydrogens is 394 g/mol. The molecule has 0 radical (unpaired) electrons. The van der Waals surface area contributed by atoms with Gasteiger partial charge in [0.1, 0.15) is 5.75 Å². The van der Waals surface area contributed by atoms with E-state index in [9.17, 15) is 4.79 Å². The summed E-state index contributed by atoms with van der Waals surface area (Å²) >= 11 is 7.63. The van der Waals surface area contributed by atoms with E-state index in [1.165, 1.54) is 4.88 Å². The van der Waals surface area contributed by atoms with Crippen molar-refractivity contribution in [1.29, 1.82) is 0 Å². The number of nitrogens with one attached hydrogen (secondary N) is 1. The van der Waals surface area contributed by atoms with Crippen molar-refractivity contribution in [3.63, 3.8) is 0 Å². The third-order valence-electron chi connectivity index (χ3n) is 5.01. The van der Waals surface area contributed by atoms with Gasteiger partial charge in [-0.15, -0.1) is 11.3 Å². The number of halogens is 1. The first kappa shape index (κ1) is 19.2. The monoisotopic (exact) mass is 415 g/mol. The topological polar surface area (TPSA) is 56.2 Å². The first-order chi connectivity index (χ1) is 13.7. The number of rotatable bonds is 6. The molecule has 1 aliphatic rings. The summed E-state index contributed by atoms with van der Waals surface area (Å²) in [6.07, 6.45) is 3.71. The molecule has 1 fully saturated rings. The van der Waals surface area contributed by atoms with E-state index >= 15 is 0 Å². The van der Waals surface area contributed by atoms with Crippen LogP contribution in [0.25, 0.3) is 0 Å². The molecule has 0 aliphatic carbocycles. The molecule has 1 N–H and O–H groups in total. The van der Waals surface area contributed by atoms with Gasteiger partial charge in [0.15, 0.2) is 0 Å². The highest BCUT2D eigenvalue weighted by Crippen LogP contribution is 2.27. The molecule has 7 heteroatoms. The molecule has 0 spiro atoms. The number of thiophene rings is 1. The number of ether oxygens (including phenoxy) is 1. The second-order valence-corrected chi connectivity index (χ2v) is 8.63. The van der Waals surface area contributed by atoms with E-state index in [2.05, 4.69) is 16.5 Å². The van der Waals surface area contributed by atoms with Gasteiger partial charge in [0.05, 0.1) is 28.7 Å². The fourth-order valence-electron chi connectivity index (χ4n) is 3.57. The normalized spacial score (nSPS) is 16.4. The summed E-state index contributed by atoms with van der Waals surface area (Å²) in [5.41, 5.74) is 2.35. The van der Waals surface area contributed by atoms with Crippen molar-refractivity contribution in [3.05, 3.63) is 68.6 Å². The maximum atomic E-state index is 13.3. The van der Waals surface area contributed by atoms with Crippen molar-refractivity contribution < 1.29 is 9.53 Å². The predicted octanol–water partition coefficient (Wildman–Crippen LogP) is 4.50. The molecule has 0 amide bonds. The van der Waals surface area contributed by atoms with Crippen molar-refractivity contribution >= 4 is 28.8 Å². The van der Waals surface area contributed by atoms with Crippen LogP contribution in [0.5, 0.6) is 5.75 Å². The van der Waals surface area contributed by atoms with Gasteiger partial charge in [-0.25, -0.2) is 4.68 Å². The molecule has 1 aromatic carbocycles. The minimum atomic E-state index is -0.166. The van der Waals surface area contributed by atoms with Gasteiger partial charge in [-0.2, -0.15) is 5.10 Å². The number of carbonyl (C=O) groups excluding carboxylic acids is 1. The van der Waals surface area contributed by atoms with Crippen molar-refractivity contribution in [3.8, 4) is 5.75 Å². The lowest BCUT2D eigenvalue weighted by molar-refractivity contribution is 0.0938. The summed E-state index contributed by atoms with van der Waals surface area (Å²) in [6, 6.07) is 13.5.